The Morgan fingerprint density at radius 2 is 2.00 bits per heavy atom. The molecule has 1 unspecified atom stereocenters. The summed E-state index contributed by atoms with van der Waals surface area (Å²) in [6.07, 6.45) is 0. The molecular weight excluding hydrogens is 282 g/mol. The second kappa shape index (κ2) is 6.18. The van der Waals surface area contributed by atoms with Crippen molar-refractivity contribution < 1.29 is 4.79 Å². The molecule has 0 radical (unpaired) electrons. The molecule has 1 atom stereocenters. The van der Waals surface area contributed by atoms with E-state index in [1.807, 2.05) is 51.1 Å². The highest BCUT2D eigenvalue weighted by molar-refractivity contribution is 7.80. The zero-order valence-corrected chi connectivity index (χ0v) is 13.2. The van der Waals surface area contributed by atoms with E-state index in [1.165, 1.54) is 0 Å². The van der Waals surface area contributed by atoms with E-state index in [-0.39, 0.29) is 16.8 Å². The minimum Gasteiger partial charge on any atom is -0.393 e. The Morgan fingerprint density at radius 3 is 2.62 bits per heavy atom. The fraction of sp³-hybridized carbons (Fsp3) is 0.312. The molecule has 0 aliphatic carbocycles. The maximum absolute atomic E-state index is 12.4. The Kier molecular flexibility index (Phi) is 4.53. The second-order valence-electron chi connectivity index (χ2n) is 5.44. The second-order valence-corrected chi connectivity index (χ2v) is 5.91. The summed E-state index contributed by atoms with van der Waals surface area (Å²) in [6.45, 7) is 5.77. The highest BCUT2D eigenvalue weighted by Gasteiger charge is 2.25. The van der Waals surface area contributed by atoms with Gasteiger partial charge in [0.05, 0.1) is 22.1 Å². The Labute approximate surface area is 129 Å². The lowest BCUT2D eigenvalue weighted by atomic mass is 9.95. The molecule has 21 heavy (non-hydrogen) atoms. The van der Waals surface area contributed by atoms with Crippen molar-refractivity contribution in [2.45, 2.75) is 20.8 Å². The number of nitrogens with zero attached hydrogens (tertiary/aromatic N) is 1. The van der Waals surface area contributed by atoms with Gasteiger partial charge in [0.1, 0.15) is 0 Å². The number of pyridine rings is 1. The lowest BCUT2D eigenvalue weighted by molar-refractivity contribution is -0.118. The monoisotopic (exact) mass is 301 g/mol. The maximum atomic E-state index is 12.4. The van der Waals surface area contributed by atoms with Gasteiger partial charge in [-0.1, -0.05) is 44.3 Å². The van der Waals surface area contributed by atoms with Crippen molar-refractivity contribution in [3.63, 3.8) is 0 Å². The molecule has 0 spiro atoms. The van der Waals surface area contributed by atoms with Gasteiger partial charge in [0.15, 0.2) is 0 Å². The van der Waals surface area contributed by atoms with E-state index in [2.05, 4.69) is 10.3 Å². The number of amides is 1. The van der Waals surface area contributed by atoms with Crippen LogP contribution in [0.4, 0.5) is 5.69 Å². The number of para-hydroxylation sites is 1. The van der Waals surface area contributed by atoms with Crippen LogP contribution in [-0.2, 0) is 4.79 Å². The van der Waals surface area contributed by atoms with E-state index >= 15 is 0 Å². The summed E-state index contributed by atoms with van der Waals surface area (Å²) < 4.78 is 0. The van der Waals surface area contributed by atoms with Crippen LogP contribution < -0.4 is 11.1 Å². The molecular formula is C16H19N3OS. The fourth-order valence-electron chi connectivity index (χ4n) is 2.32. The normalized spacial score (nSPS) is 12.4. The molecule has 2 rings (SSSR count). The molecule has 0 bridgehead atoms. The molecule has 2 aromatic rings. The third kappa shape index (κ3) is 3.36. The molecule has 1 amide bonds. The van der Waals surface area contributed by atoms with Crippen LogP contribution >= 0.6 is 12.2 Å². The van der Waals surface area contributed by atoms with Crippen molar-refractivity contribution in [3.8, 4) is 0 Å². The Morgan fingerprint density at radius 1 is 1.29 bits per heavy atom. The molecule has 1 aromatic carbocycles. The van der Waals surface area contributed by atoms with E-state index < -0.39 is 5.92 Å². The minimum atomic E-state index is -0.486. The van der Waals surface area contributed by atoms with Crippen molar-refractivity contribution in [1.82, 2.24) is 4.98 Å². The van der Waals surface area contributed by atoms with Gasteiger partial charge in [-0.3, -0.25) is 9.78 Å². The van der Waals surface area contributed by atoms with Crippen molar-refractivity contribution >= 4 is 39.7 Å². The molecule has 5 heteroatoms. The third-order valence-electron chi connectivity index (χ3n) is 3.37. The number of fused-ring (bicyclic) bond motifs is 1. The number of rotatable bonds is 4. The summed E-state index contributed by atoms with van der Waals surface area (Å²) >= 11 is 5.00. The Balaban J connectivity index is 2.37. The average Bonchev–Trinajstić information content (AvgIpc) is 2.38. The van der Waals surface area contributed by atoms with Gasteiger partial charge in [-0.15, -0.1) is 0 Å². The highest BCUT2D eigenvalue weighted by atomic mass is 32.1. The van der Waals surface area contributed by atoms with Crippen LogP contribution in [0.2, 0.25) is 0 Å². The third-order valence-corrected chi connectivity index (χ3v) is 3.63. The first-order chi connectivity index (χ1) is 9.90. The quantitative estimate of drug-likeness (QED) is 0.852. The van der Waals surface area contributed by atoms with Crippen LogP contribution in [0.15, 0.2) is 30.3 Å². The molecule has 1 heterocycles. The predicted molar refractivity (Wildman–Crippen MR) is 90.2 cm³/mol. The van der Waals surface area contributed by atoms with E-state index in [4.69, 9.17) is 18.0 Å². The van der Waals surface area contributed by atoms with Gasteiger partial charge in [0.2, 0.25) is 5.91 Å². The van der Waals surface area contributed by atoms with Gasteiger partial charge in [0.25, 0.3) is 0 Å². The van der Waals surface area contributed by atoms with Crippen molar-refractivity contribution in [2.24, 2.45) is 17.6 Å². The maximum Gasteiger partial charge on any atom is 0.234 e. The summed E-state index contributed by atoms with van der Waals surface area (Å²) in [5, 5.41) is 3.89. The number of aryl methyl sites for hydroxylation is 1. The Bertz CT molecular complexity index is 697. The van der Waals surface area contributed by atoms with Gasteiger partial charge < -0.3 is 11.1 Å². The summed E-state index contributed by atoms with van der Waals surface area (Å²) in [7, 11) is 0. The van der Waals surface area contributed by atoms with E-state index in [1.54, 1.807) is 0 Å². The van der Waals surface area contributed by atoms with Crippen LogP contribution in [0.5, 0.6) is 0 Å². The number of nitrogens with one attached hydrogen (secondary N) is 1. The van der Waals surface area contributed by atoms with Crippen molar-refractivity contribution in [1.29, 1.82) is 0 Å². The predicted octanol–water partition coefficient (Wildman–Crippen LogP) is 3.04. The summed E-state index contributed by atoms with van der Waals surface area (Å²) in [6, 6.07) is 9.62. The number of nitrogens with two attached hydrogens (primary N) is 1. The largest absolute Gasteiger partial charge is 0.393 e. The van der Waals surface area contributed by atoms with Gasteiger partial charge in [-0.25, -0.2) is 0 Å². The number of carbonyl (C=O) groups is 1. The van der Waals surface area contributed by atoms with E-state index in [0.717, 1.165) is 16.6 Å². The summed E-state index contributed by atoms with van der Waals surface area (Å²) in [5.74, 6) is -0.624. The SMILES string of the molecule is Cc1ccc2cccc(NC(=O)C(C(N)=S)C(C)C)c2n1. The average molecular weight is 301 g/mol. The zero-order chi connectivity index (χ0) is 15.6. The highest BCUT2D eigenvalue weighted by Crippen LogP contribution is 2.23. The van der Waals surface area contributed by atoms with E-state index in [9.17, 15) is 4.79 Å². The zero-order valence-electron chi connectivity index (χ0n) is 12.4. The number of thiocarbonyl (C=S) groups is 1. The van der Waals surface area contributed by atoms with E-state index in [0.29, 0.717) is 5.69 Å². The first kappa shape index (κ1) is 15.4. The van der Waals surface area contributed by atoms with Gasteiger partial charge >= 0.3 is 0 Å². The molecule has 0 saturated carbocycles. The lowest BCUT2D eigenvalue weighted by Gasteiger charge is -2.19. The molecule has 0 saturated heterocycles. The number of hydrogen-bond donors (Lipinski definition) is 2. The molecule has 0 aliphatic rings. The standard InChI is InChI=1S/C16H19N3OS/c1-9(2)13(15(17)21)16(20)19-12-6-4-5-11-8-7-10(3)18-14(11)12/h4-9,13H,1-3H3,(H2,17,21)(H,19,20). The number of hydrogen-bond acceptors (Lipinski definition) is 3. The van der Waals surface area contributed by atoms with Crippen LogP contribution in [-0.4, -0.2) is 15.9 Å². The number of anilines is 1. The number of benzene rings is 1. The molecule has 0 aliphatic heterocycles. The van der Waals surface area contributed by atoms with Crippen molar-refractivity contribution in [2.75, 3.05) is 5.32 Å². The van der Waals surface area contributed by atoms with Crippen LogP contribution in [0.1, 0.15) is 19.5 Å². The van der Waals surface area contributed by atoms with Crippen molar-refractivity contribution in [3.05, 3.63) is 36.0 Å². The first-order valence-corrected chi connectivity index (χ1v) is 7.27. The van der Waals surface area contributed by atoms with Gasteiger partial charge in [-0.2, -0.15) is 0 Å². The Hall–Kier alpha value is -2.01. The van der Waals surface area contributed by atoms with Crippen LogP contribution in [0.3, 0.4) is 0 Å². The lowest BCUT2D eigenvalue weighted by Crippen LogP contribution is -2.36. The fourth-order valence-corrected chi connectivity index (χ4v) is 2.70. The number of aromatic nitrogens is 1. The smallest absolute Gasteiger partial charge is 0.234 e. The molecule has 110 valence electrons. The van der Waals surface area contributed by atoms with Gasteiger partial charge in [-0.05, 0) is 25.0 Å². The van der Waals surface area contributed by atoms with Crippen LogP contribution in [0, 0.1) is 18.8 Å². The molecule has 0 fully saturated rings. The molecule has 3 N–H and O–H groups in total. The molecule has 1 aromatic heterocycles. The minimum absolute atomic E-state index is 0.0483. The number of carbonyl (C=O) groups excluding carboxylic acids is 1. The summed E-state index contributed by atoms with van der Waals surface area (Å²) in [5.41, 5.74) is 8.04. The van der Waals surface area contributed by atoms with Crippen LogP contribution in [0.25, 0.3) is 10.9 Å². The molecule has 4 nitrogen and oxygen atoms in total. The first-order valence-electron chi connectivity index (χ1n) is 6.86. The topological polar surface area (TPSA) is 68.0 Å². The van der Waals surface area contributed by atoms with Gasteiger partial charge in [0, 0.05) is 11.1 Å². The summed E-state index contributed by atoms with van der Waals surface area (Å²) in [4.78, 5) is 17.1.